The van der Waals surface area contributed by atoms with Gasteiger partial charge in [-0.1, -0.05) is 12.1 Å². The molecule has 0 aliphatic carbocycles. The van der Waals surface area contributed by atoms with Crippen LogP contribution in [0.25, 0.3) is 0 Å². The molecular weight excluding hydrogens is 296 g/mol. The largest absolute Gasteiger partial charge is 0.508 e. The number of carbonyl (C=O) groups excluding carboxylic acids is 2. The summed E-state index contributed by atoms with van der Waals surface area (Å²) in [7, 11) is 0. The van der Waals surface area contributed by atoms with Crippen molar-refractivity contribution < 1.29 is 14.7 Å². The van der Waals surface area contributed by atoms with Crippen molar-refractivity contribution in [2.75, 3.05) is 45.8 Å². The zero-order valence-corrected chi connectivity index (χ0v) is 13.2. The van der Waals surface area contributed by atoms with Crippen LogP contribution in [-0.4, -0.2) is 67.6 Å². The molecule has 0 aromatic heterocycles. The number of hydrogen-bond donors (Lipinski definition) is 4. The van der Waals surface area contributed by atoms with E-state index in [1.807, 2.05) is 0 Å². The van der Waals surface area contributed by atoms with Crippen molar-refractivity contribution in [1.82, 2.24) is 20.9 Å². The Morgan fingerprint density at radius 2 is 1.65 bits per heavy atom. The molecule has 0 radical (unpaired) electrons. The Morgan fingerprint density at radius 3 is 2.30 bits per heavy atom. The van der Waals surface area contributed by atoms with Gasteiger partial charge in [-0.2, -0.15) is 0 Å². The highest BCUT2D eigenvalue weighted by Gasteiger charge is 2.13. The van der Waals surface area contributed by atoms with Gasteiger partial charge in [0.05, 0.1) is 0 Å². The molecule has 0 saturated carbocycles. The molecular formula is C16H24N4O3. The lowest BCUT2D eigenvalue weighted by Crippen LogP contribution is -2.48. The van der Waals surface area contributed by atoms with Crippen LogP contribution in [-0.2, 0) is 16.0 Å². The summed E-state index contributed by atoms with van der Waals surface area (Å²) in [5.41, 5.74) is 0.988. The summed E-state index contributed by atoms with van der Waals surface area (Å²) in [6.45, 7) is 5.48. The fourth-order valence-corrected chi connectivity index (χ4v) is 2.41. The summed E-state index contributed by atoms with van der Waals surface area (Å²) >= 11 is 0. The number of nitrogens with one attached hydrogen (secondary N) is 3. The summed E-state index contributed by atoms with van der Waals surface area (Å²) in [5, 5.41) is 17.7. The molecule has 0 spiro atoms. The first kappa shape index (κ1) is 17.2. The molecule has 0 atom stereocenters. The zero-order valence-electron chi connectivity index (χ0n) is 13.2. The summed E-state index contributed by atoms with van der Waals surface area (Å²) in [5.74, 6) is -0.989. The lowest BCUT2D eigenvalue weighted by atomic mass is 10.1. The summed E-state index contributed by atoms with van der Waals surface area (Å²) < 4.78 is 0. The lowest BCUT2D eigenvalue weighted by Gasteiger charge is -2.26. The van der Waals surface area contributed by atoms with Gasteiger partial charge in [0.15, 0.2) is 0 Å². The molecule has 1 heterocycles. The van der Waals surface area contributed by atoms with Crippen molar-refractivity contribution in [2.24, 2.45) is 0 Å². The Bertz CT molecular complexity index is 513. The number of benzene rings is 1. The minimum Gasteiger partial charge on any atom is -0.508 e. The lowest BCUT2D eigenvalue weighted by molar-refractivity contribution is -0.139. The Kier molecular flexibility index (Phi) is 6.83. The Labute approximate surface area is 136 Å². The van der Waals surface area contributed by atoms with Crippen molar-refractivity contribution in [3.8, 4) is 5.75 Å². The summed E-state index contributed by atoms with van der Waals surface area (Å²) in [4.78, 5) is 25.6. The molecule has 126 valence electrons. The second-order valence-electron chi connectivity index (χ2n) is 5.52. The van der Waals surface area contributed by atoms with E-state index in [0.717, 1.165) is 38.3 Å². The molecule has 2 amide bonds. The number of hydrogen-bond acceptors (Lipinski definition) is 5. The molecule has 2 rings (SSSR count). The highest BCUT2D eigenvalue weighted by Crippen LogP contribution is 2.09. The first-order valence-corrected chi connectivity index (χ1v) is 7.92. The van der Waals surface area contributed by atoms with E-state index in [2.05, 4.69) is 20.9 Å². The SMILES string of the molecule is O=C(NCCc1ccc(O)cc1)C(=O)NCCN1CCNCC1. The molecule has 0 unspecified atom stereocenters. The van der Waals surface area contributed by atoms with Gasteiger partial charge >= 0.3 is 11.8 Å². The van der Waals surface area contributed by atoms with Crippen molar-refractivity contribution in [1.29, 1.82) is 0 Å². The van der Waals surface area contributed by atoms with Crippen LogP contribution >= 0.6 is 0 Å². The third-order valence-electron chi connectivity index (χ3n) is 3.77. The topological polar surface area (TPSA) is 93.7 Å². The van der Waals surface area contributed by atoms with E-state index in [1.165, 1.54) is 0 Å². The smallest absolute Gasteiger partial charge is 0.309 e. The van der Waals surface area contributed by atoms with E-state index in [4.69, 9.17) is 0 Å². The molecule has 1 saturated heterocycles. The van der Waals surface area contributed by atoms with Crippen LogP contribution in [0.2, 0.25) is 0 Å². The number of rotatable bonds is 6. The van der Waals surface area contributed by atoms with Gasteiger partial charge < -0.3 is 21.1 Å². The van der Waals surface area contributed by atoms with Crippen molar-refractivity contribution in [3.63, 3.8) is 0 Å². The van der Waals surface area contributed by atoms with Gasteiger partial charge in [-0.05, 0) is 24.1 Å². The van der Waals surface area contributed by atoms with Gasteiger partial charge in [0, 0.05) is 45.8 Å². The van der Waals surface area contributed by atoms with E-state index < -0.39 is 11.8 Å². The maximum absolute atomic E-state index is 11.7. The number of phenols is 1. The monoisotopic (exact) mass is 320 g/mol. The van der Waals surface area contributed by atoms with Crippen LogP contribution in [0.15, 0.2) is 24.3 Å². The minimum atomic E-state index is -0.607. The van der Waals surface area contributed by atoms with Crippen molar-refractivity contribution in [2.45, 2.75) is 6.42 Å². The van der Waals surface area contributed by atoms with Crippen LogP contribution in [0.1, 0.15) is 5.56 Å². The maximum Gasteiger partial charge on any atom is 0.309 e. The van der Waals surface area contributed by atoms with Gasteiger partial charge in [-0.25, -0.2) is 0 Å². The Morgan fingerprint density at radius 1 is 1.04 bits per heavy atom. The van der Waals surface area contributed by atoms with E-state index in [0.29, 0.717) is 19.5 Å². The summed E-state index contributed by atoms with van der Waals surface area (Å²) in [6, 6.07) is 6.77. The first-order valence-electron chi connectivity index (χ1n) is 7.92. The average Bonchev–Trinajstić information content (AvgIpc) is 2.57. The molecule has 0 bridgehead atoms. The van der Waals surface area contributed by atoms with Gasteiger partial charge in [-0.15, -0.1) is 0 Å². The van der Waals surface area contributed by atoms with Gasteiger partial charge in [0.1, 0.15) is 5.75 Å². The van der Waals surface area contributed by atoms with Crippen molar-refractivity contribution >= 4 is 11.8 Å². The van der Waals surface area contributed by atoms with Crippen LogP contribution in [0.3, 0.4) is 0 Å². The predicted molar refractivity (Wildman–Crippen MR) is 87.1 cm³/mol. The van der Waals surface area contributed by atoms with E-state index in [1.54, 1.807) is 24.3 Å². The Hall–Kier alpha value is -2.12. The van der Waals surface area contributed by atoms with E-state index in [9.17, 15) is 14.7 Å². The fourth-order valence-electron chi connectivity index (χ4n) is 2.41. The first-order chi connectivity index (χ1) is 11.1. The van der Waals surface area contributed by atoms with Crippen LogP contribution < -0.4 is 16.0 Å². The third kappa shape index (κ3) is 6.25. The quantitative estimate of drug-likeness (QED) is 0.508. The predicted octanol–water partition coefficient (Wildman–Crippen LogP) is -0.928. The van der Waals surface area contributed by atoms with Crippen molar-refractivity contribution in [3.05, 3.63) is 29.8 Å². The maximum atomic E-state index is 11.7. The number of phenolic OH excluding ortho intramolecular Hbond substituents is 1. The second kappa shape index (κ2) is 9.12. The fraction of sp³-hybridized carbons (Fsp3) is 0.500. The number of nitrogens with zero attached hydrogens (tertiary/aromatic N) is 1. The molecule has 1 aliphatic heterocycles. The van der Waals surface area contributed by atoms with Gasteiger partial charge in [0.2, 0.25) is 0 Å². The zero-order chi connectivity index (χ0) is 16.5. The average molecular weight is 320 g/mol. The second-order valence-corrected chi connectivity index (χ2v) is 5.52. The standard InChI is InChI=1S/C16H24N4O3/c21-14-3-1-13(2-4-14)5-6-18-15(22)16(23)19-9-12-20-10-7-17-8-11-20/h1-4,17,21H,5-12H2,(H,18,22)(H,19,23). The molecule has 1 aromatic carbocycles. The molecule has 4 N–H and O–H groups in total. The summed E-state index contributed by atoms with van der Waals surface area (Å²) in [6.07, 6.45) is 0.611. The number of piperazine rings is 1. The van der Waals surface area contributed by atoms with E-state index in [-0.39, 0.29) is 5.75 Å². The number of amides is 2. The molecule has 7 heteroatoms. The van der Waals surface area contributed by atoms with E-state index >= 15 is 0 Å². The molecule has 23 heavy (non-hydrogen) atoms. The minimum absolute atomic E-state index is 0.210. The van der Waals surface area contributed by atoms with Crippen LogP contribution in [0.4, 0.5) is 0 Å². The highest BCUT2D eigenvalue weighted by molar-refractivity contribution is 6.35. The van der Waals surface area contributed by atoms with Crippen LogP contribution in [0, 0.1) is 0 Å². The Balaban J connectivity index is 1.58. The van der Waals surface area contributed by atoms with Gasteiger partial charge in [-0.3, -0.25) is 14.5 Å². The number of aromatic hydroxyl groups is 1. The third-order valence-corrected chi connectivity index (χ3v) is 3.77. The normalized spacial score (nSPS) is 15.1. The van der Waals surface area contributed by atoms with Gasteiger partial charge in [0.25, 0.3) is 0 Å². The molecule has 1 aromatic rings. The molecule has 1 fully saturated rings. The highest BCUT2D eigenvalue weighted by atomic mass is 16.3. The molecule has 1 aliphatic rings. The molecule has 7 nitrogen and oxygen atoms in total. The van der Waals surface area contributed by atoms with Crippen LogP contribution in [0.5, 0.6) is 5.75 Å². The number of carbonyl (C=O) groups is 2.